The van der Waals surface area contributed by atoms with Crippen LogP contribution in [0.1, 0.15) is 5.82 Å². The molecule has 2 aliphatic rings. The molecule has 3 heterocycles. The maximum absolute atomic E-state index is 12.6. The fourth-order valence-corrected chi connectivity index (χ4v) is 4.48. The van der Waals surface area contributed by atoms with Crippen molar-refractivity contribution in [3.05, 3.63) is 11.5 Å². The molecule has 1 saturated heterocycles. The second kappa shape index (κ2) is 5.61. The Morgan fingerprint density at radius 1 is 1.58 bits per heavy atom. The lowest BCUT2D eigenvalue weighted by atomic mass is 9.88. The molecule has 2 amide bonds. The highest BCUT2D eigenvalue weighted by Crippen LogP contribution is 2.49. The van der Waals surface area contributed by atoms with Crippen molar-refractivity contribution in [1.82, 2.24) is 30.4 Å². The Morgan fingerprint density at radius 2 is 2.29 bits per heavy atom. The Hall–Kier alpha value is -2.38. The summed E-state index contributed by atoms with van der Waals surface area (Å²) in [5, 5.41) is 22.4. The van der Waals surface area contributed by atoms with Crippen LogP contribution in [0.4, 0.5) is 0 Å². The van der Waals surface area contributed by atoms with Gasteiger partial charge in [-0.15, -0.1) is 16.9 Å². The molecule has 1 aromatic rings. The van der Waals surface area contributed by atoms with E-state index in [0.29, 0.717) is 6.41 Å². The molecule has 3 rings (SSSR count). The van der Waals surface area contributed by atoms with Crippen LogP contribution in [0.15, 0.2) is 5.70 Å². The van der Waals surface area contributed by atoms with Crippen LogP contribution >= 0.6 is 24.0 Å². The summed E-state index contributed by atoms with van der Waals surface area (Å²) in [6.07, 6.45) is 0.344. The summed E-state index contributed by atoms with van der Waals surface area (Å²) in [6, 6.07) is 0. The summed E-state index contributed by atoms with van der Waals surface area (Å²) < 4.78 is 1.26. The Labute approximate surface area is 144 Å². The minimum atomic E-state index is -1.47. The van der Waals surface area contributed by atoms with E-state index in [1.54, 1.807) is 0 Å². The fraction of sp³-hybridized carbons (Fsp3) is 0.364. The number of carbonyl (C=O) groups is 3. The molecule has 0 aliphatic carbocycles. The summed E-state index contributed by atoms with van der Waals surface area (Å²) in [7, 11) is 1.53. The Balaban J connectivity index is 2.17. The van der Waals surface area contributed by atoms with Crippen molar-refractivity contribution in [3.8, 4) is 0 Å². The van der Waals surface area contributed by atoms with Crippen molar-refractivity contribution in [2.75, 3.05) is 0 Å². The largest absolute Gasteiger partial charge is 0.477 e. The van der Waals surface area contributed by atoms with E-state index in [-0.39, 0.29) is 17.1 Å². The van der Waals surface area contributed by atoms with E-state index >= 15 is 0 Å². The first-order valence-corrected chi connectivity index (χ1v) is 7.93. The number of thioether (sulfide) groups is 1. The van der Waals surface area contributed by atoms with Gasteiger partial charge in [0.15, 0.2) is 11.4 Å². The molecule has 1 aromatic heterocycles. The van der Waals surface area contributed by atoms with Crippen LogP contribution in [-0.2, 0) is 21.4 Å². The molecule has 24 heavy (non-hydrogen) atoms. The van der Waals surface area contributed by atoms with Crippen molar-refractivity contribution in [2.24, 2.45) is 12.8 Å². The number of carboxylic acid groups (broad SMARTS) is 1. The van der Waals surface area contributed by atoms with Gasteiger partial charge >= 0.3 is 5.97 Å². The smallest absolute Gasteiger partial charge is 0.353 e. The predicted octanol–water partition coefficient (Wildman–Crippen LogP) is -2.31. The van der Waals surface area contributed by atoms with Crippen molar-refractivity contribution in [2.45, 2.75) is 16.3 Å². The molecule has 1 unspecified atom stereocenters. The maximum atomic E-state index is 12.6. The molecule has 0 bridgehead atoms. The van der Waals surface area contributed by atoms with Crippen LogP contribution in [0.25, 0.3) is 5.57 Å². The van der Waals surface area contributed by atoms with Gasteiger partial charge < -0.3 is 16.2 Å². The number of amides is 2. The first-order valence-electron chi connectivity index (χ1n) is 6.51. The zero-order valence-electron chi connectivity index (χ0n) is 12.1. The van der Waals surface area contributed by atoms with Crippen molar-refractivity contribution >= 4 is 53.2 Å². The van der Waals surface area contributed by atoms with Crippen LogP contribution in [0, 0.1) is 0 Å². The number of nitrogens with zero attached hydrogens (tertiary/aromatic N) is 5. The van der Waals surface area contributed by atoms with E-state index in [4.69, 9.17) is 18.0 Å². The SMILES string of the molecule is Cn1nnnc1C1=C(C(=O)O)N2C(=O)[C@](C=S)(NC=O)[C@@H]2SC1N. The molecule has 13 heteroatoms. The number of β-lactam (4-membered cyclic amide) rings is 1. The van der Waals surface area contributed by atoms with Gasteiger partial charge in [-0.3, -0.25) is 14.5 Å². The fourth-order valence-electron chi connectivity index (χ4n) is 2.69. The second-order valence-electron chi connectivity index (χ2n) is 5.03. The number of thiocarbonyl (C=S) groups is 1. The van der Waals surface area contributed by atoms with Gasteiger partial charge in [0.2, 0.25) is 6.41 Å². The summed E-state index contributed by atoms with van der Waals surface area (Å²) in [4.78, 5) is 36.2. The van der Waals surface area contributed by atoms with Gasteiger partial charge in [0.25, 0.3) is 5.91 Å². The van der Waals surface area contributed by atoms with Crippen LogP contribution in [-0.4, -0.2) is 70.2 Å². The highest BCUT2D eigenvalue weighted by atomic mass is 32.2. The second-order valence-corrected chi connectivity index (χ2v) is 6.49. The molecule has 0 spiro atoms. The third-order valence-electron chi connectivity index (χ3n) is 3.80. The molecule has 1 fully saturated rings. The average Bonchev–Trinajstić information content (AvgIpc) is 2.96. The first kappa shape index (κ1) is 16.5. The monoisotopic (exact) mass is 369 g/mol. The lowest BCUT2D eigenvalue weighted by Gasteiger charge is -2.55. The van der Waals surface area contributed by atoms with Crippen LogP contribution in [0.2, 0.25) is 0 Å². The third-order valence-corrected chi connectivity index (χ3v) is 5.54. The van der Waals surface area contributed by atoms with E-state index in [2.05, 4.69) is 20.8 Å². The number of aromatic nitrogens is 4. The molecule has 11 nitrogen and oxygen atoms in total. The Bertz CT molecular complexity index is 793. The molecule has 4 N–H and O–H groups in total. The number of fused-ring (bicyclic) bond motifs is 1. The average molecular weight is 369 g/mol. The maximum Gasteiger partial charge on any atom is 0.353 e. The number of nitrogens with two attached hydrogens (primary N) is 1. The normalized spacial score (nSPS) is 28.9. The van der Waals surface area contributed by atoms with E-state index < -0.39 is 28.2 Å². The first-order chi connectivity index (χ1) is 11.4. The molecule has 2 aliphatic heterocycles. The Morgan fingerprint density at radius 3 is 2.79 bits per heavy atom. The number of hydrogen-bond donors (Lipinski definition) is 3. The number of nitrogens with one attached hydrogen (secondary N) is 1. The number of aryl methyl sites for hydroxylation is 1. The van der Waals surface area contributed by atoms with E-state index in [1.165, 1.54) is 11.7 Å². The van der Waals surface area contributed by atoms with Gasteiger partial charge in [0, 0.05) is 12.4 Å². The van der Waals surface area contributed by atoms with E-state index in [9.17, 15) is 19.5 Å². The summed E-state index contributed by atoms with van der Waals surface area (Å²) in [5.41, 5.74) is 4.43. The van der Waals surface area contributed by atoms with Gasteiger partial charge in [-0.05, 0) is 10.4 Å². The quantitative estimate of drug-likeness (QED) is 0.293. The van der Waals surface area contributed by atoms with Gasteiger partial charge in [-0.2, -0.15) is 0 Å². The summed E-state index contributed by atoms with van der Waals surface area (Å²) in [6.45, 7) is 0. The topological polar surface area (TPSA) is 156 Å². The van der Waals surface area contributed by atoms with Crippen LogP contribution in [0.5, 0.6) is 0 Å². The zero-order chi connectivity index (χ0) is 17.6. The molecule has 0 aromatic carbocycles. The minimum Gasteiger partial charge on any atom is -0.477 e. The molecule has 3 atom stereocenters. The number of carboxylic acids is 1. The van der Waals surface area contributed by atoms with Gasteiger partial charge in [0.05, 0.1) is 10.9 Å². The molecule has 0 radical (unpaired) electrons. The number of rotatable bonds is 5. The molecular formula is C11H11N7O4S2. The van der Waals surface area contributed by atoms with Gasteiger partial charge in [-0.25, -0.2) is 9.48 Å². The predicted molar refractivity (Wildman–Crippen MR) is 85.1 cm³/mol. The zero-order valence-corrected chi connectivity index (χ0v) is 13.7. The van der Waals surface area contributed by atoms with E-state index in [1.807, 2.05) is 0 Å². The lowest BCUT2D eigenvalue weighted by molar-refractivity contribution is -0.152. The van der Waals surface area contributed by atoms with Crippen LogP contribution < -0.4 is 11.1 Å². The van der Waals surface area contributed by atoms with Crippen molar-refractivity contribution in [3.63, 3.8) is 0 Å². The standard InChI is InChI=1S/C11H11N7O4S2/c1-17-7(14-15-16-17)4-5(8(20)21)18-9(22)11(2-23,13-3-19)10(18)24-6(4)12/h2-3,6,10H,12H2,1H3,(H,13,19)(H,20,21)/t6?,10-,11-/m0/s1. The number of tetrazole rings is 1. The lowest BCUT2D eigenvalue weighted by Crippen LogP contribution is -2.80. The highest BCUT2D eigenvalue weighted by molar-refractivity contribution is 8.01. The third kappa shape index (κ3) is 1.98. The van der Waals surface area contributed by atoms with Crippen LogP contribution in [0.3, 0.4) is 0 Å². The molecular weight excluding hydrogens is 358 g/mol. The van der Waals surface area contributed by atoms with Crippen molar-refractivity contribution in [1.29, 1.82) is 0 Å². The number of aliphatic carboxylic acids is 1. The minimum absolute atomic E-state index is 0.119. The number of hydrogen-bond acceptors (Lipinski definition) is 9. The number of carbonyl (C=O) groups excluding carboxylic acids is 2. The molecule has 126 valence electrons. The molecule has 0 saturated carbocycles. The Kier molecular flexibility index (Phi) is 3.85. The highest BCUT2D eigenvalue weighted by Gasteiger charge is 2.65. The van der Waals surface area contributed by atoms with Gasteiger partial charge in [-0.1, -0.05) is 12.2 Å². The van der Waals surface area contributed by atoms with Crippen molar-refractivity contribution < 1.29 is 19.5 Å². The van der Waals surface area contributed by atoms with Gasteiger partial charge in [0.1, 0.15) is 11.1 Å². The summed E-state index contributed by atoms with van der Waals surface area (Å²) >= 11 is 5.95. The van der Waals surface area contributed by atoms with E-state index in [0.717, 1.165) is 22.0 Å². The summed E-state index contributed by atoms with van der Waals surface area (Å²) in [5.74, 6) is -1.87.